The van der Waals surface area contributed by atoms with E-state index in [4.69, 9.17) is 32.7 Å². The maximum absolute atomic E-state index is 12.4. The zero-order valence-electron chi connectivity index (χ0n) is 16.9. The van der Waals surface area contributed by atoms with Crippen molar-refractivity contribution in [3.05, 3.63) is 63.6 Å². The Balaban J connectivity index is 1.54. The molecule has 2 aromatic rings. The highest BCUT2D eigenvalue weighted by Gasteiger charge is 2.23. The van der Waals surface area contributed by atoms with Crippen LogP contribution in [0.3, 0.4) is 0 Å². The lowest BCUT2D eigenvalue weighted by atomic mass is 10.0. The fourth-order valence-electron chi connectivity index (χ4n) is 3.33. The van der Waals surface area contributed by atoms with Gasteiger partial charge in [0.05, 0.1) is 32.1 Å². The average Bonchev–Trinajstić information content (AvgIpc) is 2.76. The van der Waals surface area contributed by atoms with Crippen LogP contribution in [0.5, 0.6) is 5.75 Å². The molecule has 1 atom stereocenters. The number of nitrogens with one attached hydrogen (secondary N) is 1. The Morgan fingerprint density at radius 3 is 2.60 bits per heavy atom. The Hall–Kier alpha value is -1.44. The SMILES string of the molecule is COc1ccc(C(CNC(=O)CSCc2ccc(Cl)cc2Cl)N2CCOCC2)cc1. The van der Waals surface area contributed by atoms with Gasteiger partial charge in [0, 0.05) is 35.4 Å². The zero-order valence-corrected chi connectivity index (χ0v) is 19.2. The molecule has 3 rings (SSSR count). The van der Waals surface area contributed by atoms with E-state index in [0.29, 0.717) is 41.3 Å². The molecular formula is C22H26Cl2N2O3S. The molecule has 2 aromatic carbocycles. The lowest BCUT2D eigenvalue weighted by molar-refractivity contribution is -0.118. The predicted molar refractivity (Wildman–Crippen MR) is 124 cm³/mol. The molecule has 1 saturated heterocycles. The minimum atomic E-state index is 0.0110. The van der Waals surface area contributed by atoms with E-state index in [1.54, 1.807) is 13.2 Å². The summed E-state index contributed by atoms with van der Waals surface area (Å²) < 4.78 is 10.8. The highest BCUT2D eigenvalue weighted by atomic mass is 35.5. The van der Waals surface area contributed by atoms with Gasteiger partial charge in [-0.1, -0.05) is 41.4 Å². The van der Waals surface area contributed by atoms with Crippen LogP contribution in [0.2, 0.25) is 10.0 Å². The maximum Gasteiger partial charge on any atom is 0.230 e. The van der Waals surface area contributed by atoms with Crippen molar-refractivity contribution < 1.29 is 14.3 Å². The van der Waals surface area contributed by atoms with Crippen molar-refractivity contribution in [3.63, 3.8) is 0 Å². The van der Waals surface area contributed by atoms with Gasteiger partial charge in [0.1, 0.15) is 5.75 Å². The first-order chi connectivity index (χ1) is 14.6. The third-order valence-corrected chi connectivity index (χ3v) is 6.55. The molecule has 162 valence electrons. The number of benzene rings is 2. The second-order valence-corrected chi connectivity index (χ2v) is 8.80. The molecule has 5 nitrogen and oxygen atoms in total. The molecule has 1 aliphatic heterocycles. The topological polar surface area (TPSA) is 50.8 Å². The largest absolute Gasteiger partial charge is 0.497 e. The molecule has 1 heterocycles. The van der Waals surface area contributed by atoms with E-state index < -0.39 is 0 Å². The number of nitrogens with zero attached hydrogens (tertiary/aromatic N) is 1. The summed E-state index contributed by atoms with van der Waals surface area (Å²) in [6.07, 6.45) is 0. The van der Waals surface area contributed by atoms with E-state index in [0.717, 1.165) is 30.0 Å². The first-order valence-electron chi connectivity index (χ1n) is 9.81. The summed E-state index contributed by atoms with van der Waals surface area (Å²) in [5.74, 6) is 1.87. The number of halogens is 2. The number of carbonyl (C=O) groups is 1. The maximum atomic E-state index is 12.4. The predicted octanol–water partition coefficient (Wildman–Crippen LogP) is 4.42. The van der Waals surface area contributed by atoms with Gasteiger partial charge in [-0.2, -0.15) is 0 Å². The molecule has 1 amide bonds. The van der Waals surface area contributed by atoms with Crippen molar-refractivity contribution in [1.82, 2.24) is 10.2 Å². The molecule has 1 aliphatic rings. The second-order valence-electron chi connectivity index (χ2n) is 6.97. The van der Waals surface area contributed by atoms with Gasteiger partial charge in [0.25, 0.3) is 0 Å². The highest BCUT2D eigenvalue weighted by molar-refractivity contribution is 7.99. The Morgan fingerprint density at radius 2 is 1.93 bits per heavy atom. The molecule has 1 N–H and O–H groups in total. The van der Waals surface area contributed by atoms with Crippen LogP contribution in [0.4, 0.5) is 0 Å². The van der Waals surface area contributed by atoms with Gasteiger partial charge < -0.3 is 14.8 Å². The molecule has 1 fully saturated rings. The van der Waals surface area contributed by atoms with Crippen LogP contribution in [-0.2, 0) is 15.3 Å². The number of thioether (sulfide) groups is 1. The molecular weight excluding hydrogens is 443 g/mol. The zero-order chi connectivity index (χ0) is 21.3. The smallest absolute Gasteiger partial charge is 0.230 e. The van der Waals surface area contributed by atoms with Crippen molar-refractivity contribution in [2.45, 2.75) is 11.8 Å². The molecule has 30 heavy (non-hydrogen) atoms. The molecule has 1 unspecified atom stereocenters. The third-order valence-electron chi connectivity index (χ3n) is 4.99. The quantitative estimate of drug-likeness (QED) is 0.589. The number of hydrogen-bond donors (Lipinski definition) is 1. The normalized spacial score (nSPS) is 15.6. The van der Waals surface area contributed by atoms with E-state index in [2.05, 4.69) is 22.3 Å². The average molecular weight is 469 g/mol. The van der Waals surface area contributed by atoms with Gasteiger partial charge in [-0.05, 0) is 35.4 Å². The number of hydrogen-bond acceptors (Lipinski definition) is 5. The van der Waals surface area contributed by atoms with Gasteiger partial charge in [-0.3, -0.25) is 9.69 Å². The summed E-state index contributed by atoms with van der Waals surface area (Å²) in [5, 5.41) is 4.33. The van der Waals surface area contributed by atoms with E-state index in [9.17, 15) is 4.79 Å². The minimum Gasteiger partial charge on any atom is -0.497 e. The van der Waals surface area contributed by atoms with Crippen molar-refractivity contribution >= 4 is 40.9 Å². The first-order valence-corrected chi connectivity index (χ1v) is 11.7. The summed E-state index contributed by atoms with van der Waals surface area (Å²) in [5.41, 5.74) is 2.13. The van der Waals surface area contributed by atoms with Crippen molar-refractivity contribution in [3.8, 4) is 5.75 Å². The fourth-order valence-corrected chi connectivity index (χ4v) is 4.74. The summed E-state index contributed by atoms with van der Waals surface area (Å²) in [6.45, 7) is 3.65. The van der Waals surface area contributed by atoms with Crippen LogP contribution in [0.25, 0.3) is 0 Å². The lowest BCUT2D eigenvalue weighted by Crippen LogP contribution is -2.44. The molecule has 0 aromatic heterocycles. The van der Waals surface area contributed by atoms with E-state index >= 15 is 0 Å². The summed E-state index contributed by atoms with van der Waals surface area (Å²) in [4.78, 5) is 14.8. The standard InChI is InChI=1S/C22H26Cl2N2O3S/c1-28-19-6-3-16(4-7-19)21(26-8-10-29-11-9-26)13-25-22(27)15-30-14-17-2-5-18(23)12-20(17)24/h2-7,12,21H,8-11,13-15H2,1H3,(H,25,27). The molecule has 0 aliphatic carbocycles. The van der Waals surface area contributed by atoms with Crippen molar-refractivity contribution in [2.24, 2.45) is 0 Å². The molecule has 0 spiro atoms. The van der Waals surface area contributed by atoms with Crippen LogP contribution in [0.1, 0.15) is 17.2 Å². The van der Waals surface area contributed by atoms with Gasteiger partial charge >= 0.3 is 0 Å². The molecule has 8 heteroatoms. The van der Waals surface area contributed by atoms with Gasteiger partial charge in [-0.15, -0.1) is 11.8 Å². The monoisotopic (exact) mass is 468 g/mol. The summed E-state index contributed by atoms with van der Waals surface area (Å²) in [7, 11) is 1.66. The summed E-state index contributed by atoms with van der Waals surface area (Å²) >= 11 is 13.7. The number of amides is 1. The van der Waals surface area contributed by atoms with E-state index in [-0.39, 0.29) is 11.9 Å². The van der Waals surface area contributed by atoms with Crippen LogP contribution < -0.4 is 10.1 Å². The Morgan fingerprint density at radius 1 is 1.20 bits per heavy atom. The number of methoxy groups -OCH3 is 1. The molecule has 0 bridgehead atoms. The van der Waals surface area contributed by atoms with Crippen molar-refractivity contribution in [1.29, 1.82) is 0 Å². The van der Waals surface area contributed by atoms with Crippen LogP contribution in [-0.4, -0.2) is 56.5 Å². The third kappa shape index (κ3) is 6.79. The van der Waals surface area contributed by atoms with Gasteiger partial charge in [0.15, 0.2) is 0 Å². The second kappa shape index (κ2) is 11.8. The van der Waals surface area contributed by atoms with Crippen LogP contribution in [0.15, 0.2) is 42.5 Å². The minimum absolute atomic E-state index is 0.0110. The molecule has 0 saturated carbocycles. The Bertz CT molecular complexity index is 830. The van der Waals surface area contributed by atoms with Gasteiger partial charge in [-0.25, -0.2) is 0 Å². The number of carbonyl (C=O) groups excluding carboxylic acids is 1. The Labute approximate surface area is 192 Å². The van der Waals surface area contributed by atoms with Crippen LogP contribution >= 0.6 is 35.0 Å². The number of ether oxygens (including phenoxy) is 2. The Kier molecular flexibility index (Phi) is 9.15. The number of rotatable bonds is 9. The number of morpholine rings is 1. The first kappa shape index (κ1) is 23.2. The van der Waals surface area contributed by atoms with Gasteiger partial charge in [0.2, 0.25) is 5.91 Å². The molecule has 0 radical (unpaired) electrons. The van der Waals surface area contributed by atoms with Crippen LogP contribution in [0, 0.1) is 0 Å². The lowest BCUT2D eigenvalue weighted by Gasteiger charge is -2.35. The van der Waals surface area contributed by atoms with Crippen molar-refractivity contribution in [2.75, 3.05) is 45.7 Å². The fraction of sp³-hybridized carbons (Fsp3) is 0.409. The van der Waals surface area contributed by atoms with E-state index in [1.807, 2.05) is 24.3 Å². The summed E-state index contributed by atoms with van der Waals surface area (Å²) in [6, 6.07) is 13.6. The van der Waals surface area contributed by atoms with E-state index in [1.165, 1.54) is 11.8 Å². The highest BCUT2D eigenvalue weighted by Crippen LogP contribution is 2.25.